The molecule has 128 valence electrons. The van der Waals surface area contributed by atoms with Crippen molar-refractivity contribution < 1.29 is 0 Å². The fraction of sp³-hybridized carbons (Fsp3) is 0.0500. The molecular formula is C20H15ClN4S. The zero-order chi connectivity index (χ0) is 17.9. The second-order valence-electron chi connectivity index (χ2n) is 5.77. The van der Waals surface area contributed by atoms with Crippen LogP contribution in [0.25, 0.3) is 21.8 Å². The van der Waals surface area contributed by atoms with Crippen LogP contribution in [0, 0.1) is 6.92 Å². The lowest BCUT2D eigenvalue weighted by Crippen LogP contribution is -1.96. The molecule has 0 radical (unpaired) electrons. The number of benzene rings is 2. The Bertz CT molecular complexity index is 1010. The van der Waals surface area contributed by atoms with Gasteiger partial charge in [0.05, 0.1) is 5.69 Å². The van der Waals surface area contributed by atoms with Crippen molar-refractivity contribution in [1.29, 1.82) is 0 Å². The number of aryl methyl sites for hydroxylation is 1. The van der Waals surface area contributed by atoms with Gasteiger partial charge in [0, 0.05) is 34.0 Å². The van der Waals surface area contributed by atoms with Gasteiger partial charge in [-0.25, -0.2) is 15.0 Å². The van der Waals surface area contributed by atoms with Crippen LogP contribution >= 0.6 is 22.9 Å². The molecule has 0 amide bonds. The fourth-order valence-electron chi connectivity index (χ4n) is 2.59. The second kappa shape index (κ2) is 7.23. The Kier molecular flexibility index (Phi) is 4.65. The normalized spacial score (nSPS) is 10.7. The summed E-state index contributed by atoms with van der Waals surface area (Å²) in [7, 11) is 0. The van der Waals surface area contributed by atoms with Gasteiger partial charge in [-0.15, -0.1) is 11.3 Å². The first kappa shape index (κ1) is 16.7. The first-order valence-corrected chi connectivity index (χ1v) is 9.33. The Morgan fingerprint density at radius 1 is 0.885 bits per heavy atom. The van der Waals surface area contributed by atoms with Crippen LogP contribution in [0.4, 0.5) is 11.5 Å². The van der Waals surface area contributed by atoms with Crippen LogP contribution in [-0.2, 0) is 0 Å². The van der Waals surface area contributed by atoms with E-state index in [0.717, 1.165) is 33.2 Å². The Balaban J connectivity index is 1.54. The Labute approximate surface area is 160 Å². The van der Waals surface area contributed by atoms with Crippen molar-refractivity contribution in [3.63, 3.8) is 0 Å². The summed E-state index contributed by atoms with van der Waals surface area (Å²) in [6, 6.07) is 20.2. The van der Waals surface area contributed by atoms with Crippen LogP contribution in [-0.4, -0.2) is 15.0 Å². The maximum absolute atomic E-state index is 5.91. The number of thiazole rings is 1. The Hall–Kier alpha value is -2.76. The summed E-state index contributed by atoms with van der Waals surface area (Å²) in [5, 5.41) is 6.58. The predicted octanol–water partition coefficient (Wildman–Crippen LogP) is 5.97. The van der Waals surface area contributed by atoms with Gasteiger partial charge < -0.3 is 5.32 Å². The van der Waals surface area contributed by atoms with E-state index in [-0.39, 0.29) is 5.28 Å². The number of hydrogen-bond acceptors (Lipinski definition) is 5. The molecule has 0 aliphatic rings. The van der Waals surface area contributed by atoms with Crippen LogP contribution in [0.5, 0.6) is 0 Å². The highest BCUT2D eigenvalue weighted by molar-refractivity contribution is 7.13. The SMILES string of the molecule is Cc1cc(Nc2ccc(-c3csc(-c4ccccc4)n3)cc2)nc(Cl)n1. The number of nitrogens with zero attached hydrogens (tertiary/aromatic N) is 3. The molecule has 0 fully saturated rings. The summed E-state index contributed by atoms with van der Waals surface area (Å²) in [6.07, 6.45) is 0. The topological polar surface area (TPSA) is 50.7 Å². The molecule has 0 aliphatic carbocycles. The molecule has 2 aromatic heterocycles. The van der Waals surface area contributed by atoms with Crippen LogP contribution in [0.3, 0.4) is 0 Å². The van der Waals surface area contributed by atoms with Crippen LogP contribution < -0.4 is 5.32 Å². The monoisotopic (exact) mass is 378 g/mol. The van der Waals surface area contributed by atoms with Crippen molar-refractivity contribution in [3.05, 3.63) is 77.0 Å². The zero-order valence-corrected chi connectivity index (χ0v) is 15.6. The summed E-state index contributed by atoms with van der Waals surface area (Å²) < 4.78 is 0. The molecule has 0 atom stereocenters. The third-order valence-corrected chi connectivity index (χ3v) is 4.87. The lowest BCUT2D eigenvalue weighted by Gasteiger charge is -2.07. The number of halogens is 1. The minimum Gasteiger partial charge on any atom is -0.340 e. The molecule has 6 heteroatoms. The molecule has 0 saturated carbocycles. The number of rotatable bonds is 4. The number of anilines is 2. The van der Waals surface area contributed by atoms with Crippen LogP contribution in [0.2, 0.25) is 5.28 Å². The van der Waals surface area contributed by atoms with Gasteiger partial charge in [-0.1, -0.05) is 42.5 Å². The number of nitrogens with one attached hydrogen (secondary N) is 1. The van der Waals surface area contributed by atoms with Crippen LogP contribution in [0.1, 0.15) is 5.69 Å². The largest absolute Gasteiger partial charge is 0.340 e. The molecule has 4 nitrogen and oxygen atoms in total. The van der Waals surface area contributed by atoms with Crippen molar-refractivity contribution in [2.24, 2.45) is 0 Å². The van der Waals surface area contributed by atoms with Gasteiger partial charge in [-0.2, -0.15) is 0 Å². The maximum atomic E-state index is 5.91. The van der Waals surface area contributed by atoms with E-state index < -0.39 is 0 Å². The van der Waals surface area contributed by atoms with E-state index in [2.05, 4.69) is 32.8 Å². The molecule has 0 spiro atoms. The zero-order valence-electron chi connectivity index (χ0n) is 14.0. The van der Waals surface area contributed by atoms with E-state index in [1.165, 1.54) is 0 Å². The summed E-state index contributed by atoms with van der Waals surface area (Å²) in [5.74, 6) is 0.676. The highest BCUT2D eigenvalue weighted by atomic mass is 35.5. The molecule has 2 aromatic carbocycles. The quantitative estimate of drug-likeness (QED) is 0.444. The van der Waals surface area contributed by atoms with E-state index in [4.69, 9.17) is 16.6 Å². The molecule has 0 bridgehead atoms. The van der Waals surface area contributed by atoms with Crippen molar-refractivity contribution >= 4 is 34.4 Å². The summed E-state index contributed by atoms with van der Waals surface area (Å²) in [6.45, 7) is 1.88. The van der Waals surface area contributed by atoms with Crippen molar-refractivity contribution in [2.75, 3.05) is 5.32 Å². The van der Waals surface area contributed by atoms with Crippen LogP contribution in [0.15, 0.2) is 66.0 Å². The minimum atomic E-state index is 0.236. The molecule has 1 N–H and O–H groups in total. The molecule has 4 aromatic rings. The molecule has 2 heterocycles. The van der Waals surface area contributed by atoms with Crippen molar-refractivity contribution in [3.8, 4) is 21.8 Å². The molecule has 0 unspecified atom stereocenters. The second-order valence-corrected chi connectivity index (χ2v) is 6.97. The minimum absolute atomic E-state index is 0.236. The molecule has 0 saturated heterocycles. The lowest BCUT2D eigenvalue weighted by molar-refractivity contribution is 1.10. The fourth-order valence-corrected chi connectivity index (χ4v) is 3.65. The Morgan fingerprint density at radius 3 is 2.38 bits per heavy atom. The average Bonchev–Trinajstić information content (AvgIpc) is 3.12. The van der Waals surface area contributed by atoms with E-state index in [0.29, 0.717) is 5.82 Å². The molecular weight excluding hydrogens is 364 g/mol. The molecule has 26 heavy (non-hydrogen) atoms. The number of hydrogen-bond donors (Lipinski definition) is 1. The smallest absolute Gasteiger partial charge is 0.224 e. The Morgan fingerprint density at radius 2 is 1.65 bits per heavy atom. The molecule has 0 aliphatic heterocycles. The average molecular weight is 379 g/mol. The van der Waals surface area contributed by atoms with E-state index in [9.17, 15) is 0 Å². The van der Waals surface area contributed by atoms with Gasteiger partial charge in [0.25, 0.3) is 0 Å². The van der Waals surface area contributed by atoms with Gasteiger partial charge in [0.1, 0.15) is 10.8 Å². The van der Waals surface area contributed by atoms with Gasteiger partial charge in [-0.3, -0.25) is 0 Å². The van der Waals surface area contributed by atoms with E-state index in [1.807, 2.05) is 55.5 Å². The molecule has 4 rings (SSSR count). The van der Waals surface area contributed by atoms with E-state index in [1.54, 1.807) is 11.3 Å². The summed E-state index contributed by atoms with van der Waals surface area (Å²) >= 11 is 7.55. The summed E-state index contributed by atoms with van der Waals surface area (Å²) in [4.78, 5) is 13.0. The third kappa shape index (κ3) is 3.74. The lowest BCUT2D eigenvalue weighted by atomic mass is 10.1. The maximum Gasteiger partial charge on any atom is 0.224 e. The van der Waals surface area contributed by atoms with Gasteiger partial charge in [0.15, 0.2) is 0 Å². The third-order valence-electron chi connectivity index (χ3n) is 3.80. The highest BCUT2D eigenvalue weighted by Crippen LogP contribution is 2.29. The standard InChI is InChI=1S/C20H15ClN4S/c1-13-11-18(25-20(21)22-13)23-16-9-7-14(8-10-16)17-12-26-19(24-17)15-5-3-2-4-6-15/h2-12H,1H3,(H,22,23,25). The van der Waals surface area contributed by atoms with Gasteiger partial charge in [0.2, 0.25) is 5.28 Å². The first-order valence-electron chi connectivity index (χ1n) is 8.07. The van der Waals surface area contributed by atoms with Crippen molar-refractivity contribution in [2.45, 2.75) is 6.92 Å². The first-order chi connectivity index (χ1) is 12.7. The number of aromatic nitrogens is 3. The van der Waals surface area contributed by atoms with Crippen molar-refractivity contribution in [1.82, 2.24) is 15.0 Å². The van der Waals surface area contributed by atoms with Gasteiger partial charge >= 0.3 is 0 Å². The highest BCUT2D eigenvalue weighted by Gasteiger charge is 2.07. The van der Waals surface area contributed by atoms with E-state index >= 15 is 0 Å². The van der Waals surface area contributed by atoms with Gasteiger partial charge in [-0.05, 0) is 30.7 Å². The summed E-state index contributed by atoms with van der Waals surface area (Å²) in [5.41, 5.74) is 4.94. The predicted molar refractivity (Wildman–Crippen MR) is 108 cm³/mol.